The van der Waals surface area contributed by atoms with Gasteiger partial charge in [0.05, 0.1) is 13.2 Å². The van der Waals surface area contributed by atoms with Crippen LogP contribution in [-0.4, -0.2) is 19.0 Å². The maximum Gasteiger partial charge on any atom is 0.185 e. The van der Waals surface area contributed by atoms with Gasteiger partial charge in [-0.15, -0.1) is 0 Å². The first kappa shape index (κ1) is 28.5. The molecule has 2 aromatic carbocycles. The van der Waals surface area contributed by atoms with Crippen molar-refractivity contribution in [1.29, 1.82) is 0 Å². The fraction of sp³-hybridized carbons (Fsp3) is 0.516. The van der Waals surface area contributed by atoms with Gasteiger partial charge in [-0.2, -0.15) is 0 Å². The van der Waals surface area contributed by atoms with E-state index in [1.165, 1.54) is 64.2 Å². The van der Waals surface area contributed by atoms with Crippen molar-refractivity contribution in [3.63, 3.8) is 0 Å². The van der Waals surface area contributed by atoms with Crippen molar-refractivity contribution < 1.29 is 19.4 Å². The summed E-state index contributed by atoms with van der Waals surface area (Å²) in [4.78, 5) is 12.5. The molecule has 0 aliphatic heterocycles. The van der Waals surface area contributed by atoms with Crippen molar-refractivity contribution in [2.75, 3.05) is 13.2 Å². The lowest BCUT2D eigenvalue weighted by molar-refractivity contribution is -0.243. The molecular formula is C31H43O4-. The second-order valence-corrected chi connectivity index (χ2v) is 9.15. The second-order valence-electron chi connectivity index (χ2n) is 9.15. The van der Waals surface area contributed by atoms with Gasteiger partial charge in [0.25, 0.3) is 0 Å². The fourth-order valence-electron chi connectivity index (χ4n) is 3.86. The summed E-state index contributed by atoms with van der Waals surface area (Å²) < 4.78 is 11.5. The maximum atomic E-state index is 12.5. The lowest BCUT2D eigenvalue weighted by atomic mass is 10.1. The number of rotatable bonds is 19. The van der Waals surface area contributed by atoms with Crippen molar-refractivity contribution in [2.45, 2.75) is 90.9 Å². The van der Waals surface area contributed by atoms with Crippen LogP contribution in [0.2, 0.25) is 0 Å². The SMILES string of the molecule is CCCCCCCCOc1ccc(C(=O)/C=C(\[O-])c2ccc(OCCCCCCCC)cc2)cc1. The van der Waals surface area contributed by atoms with E-state index in [1.807, 2.05) is 0 Å². The van der Waals surface area contributed by atoms with Gasteiger partial charge in [0.2, 0.25) is 0 Å². The molecule has 0 heterocycles. The van der Waals surface area contributed by atoms with E-state index in [-0.39, 0.29) is 11.5 Å². The third kappa shape index (κ3) is 12.0. The summed E-state index contributed by atoms with van der Waals surface area (Å²) in [6.07, 6.45) is 15.8. The molecule has 0 spiro atoms. The molecule has 0 saturated heterocycles. The van der Waals surface area contributed by atoms with E-state index in [1.54, 1.807) is 48.5 Å². The number of unbranched alkanes of at least 4 members (excludes halogenated alkanes) is 10. The highest BCUT2D eigenvalue weighted by molar-refractivity contribution is 6.07. The average Bonchev–Trinajstić information content (AvgIpc) is 2.88. The third-order valence-corrected chi connectivity index (χ3v) is 6.07. The number of carbonyl (C=O) groups excluding carboxylic acids is 1. The molecule has 0 bridgehead atoms. The zero-order valence-corrected chi connectivity index (χ0v) is 21.7. The minimum atomic E-state index is -0.305. The highest BCUT2D eigenvalue weighted by atomic mass is 16.5. The maximum absolute atomic E-state index is 12.5. The molecule has 0 radical (unpaired) electrons. The molecule has 0 amide bonds. The lowest BCUT2D eigenvalue weighted by Gasteiger charge is -2.13. The van der Waals surface area contributed by atoms with Gasteiger partial charge in [-0.1, -0.05) is 95.9 Å². The first-order valence-corrected chi connectivity index (χ1v) is 13.5. The Labute approximate surface area is 212 Å². The normalized spacial score (nSPS) is 11.4. The van der Waals surface area contributed by atoms with Crippen LogP contribution in [0.1, 0.15) is 107 Å². The Kier molecular flexibility index (Phi) is 14.4. The fourth-order valence-corrected chi connectivity index (χ4v) is 3.86. The highest BCUT2D eigenvalue weighted by Gasteiger charge is 2.04. The number of hydrogen-bond donors (Lipinski definition) is 0. The molecule has 0 aromatic heterocycles. The molecule has 0 aliphatic rings. The summed E-state index contributed by atoms with van der Waals surface area (Å²) >= 11 is 0. The van der Waals surface area contributed by atoms with Crippen LogP contribution in [0.25, 0.3) is 5.76 Å². The first-order valence-electron chi connectivity index (χ1n) is 13.5. The Bertz CT molecular complexity index is 853. The van der Waals surface area contributed by atoms with Crippen molar-refractivity contribution >= 4 is 11.5 Å². The smallest absolute Gasteiger partial charge is 0.185 e. The first-order chi connectivity index (χ1) is 17.1. The minimum Gasteiger partial charge on any atom is -0.872 e. The monoisotopic (exact) mass is 479 g/mol. The number of carbonyl (C=O) groups is 1. The number of benzene rings is 2. The van der Waals surface area contributed by atoms with Crippen LogP contribution in [0.4, 0.5) is 0 Å². The number of hydrogen-bond acceptors (Lipinski definition) is 4. The molecule has 0 unspecified atom stereocenters. The van der Waals surface area contributed by atoms with Crippen LogP contribution in [0.5, 0.6) is 11.5 Å². The quantitative estimate of drug-likeness (QED) is 0.0894. The molecule has 35 heavy (non-hydrogen) atoms. The van der Waals surface area contributed by atoms with Gasteiger partial charge >= 0.3 is 0 Å². The van der Waals surface area contributed by atoms with E-state index in [0.29, 0.717) is 24.3 Å². The predicted molar refractivity (Wildman–Crippen MR) is 143 cm³/mol. The van der Waals surface area contributed by atoms with Crippen LogP contribution < -0.4 is 14.6 Å². The molecule has 4 heteroatoms. The molecule has 4 nitrogen and oxygen atoms in total. The predicted octanol–water partition coefficient (Wildman–Crippen LogP) is 7.75. The number of allylic oxidation sites excluding steroid dienone is 1. The van der Waals surface area contributed by atoms with E-state index in [0.717, 1.165) is 30.4 Å². The Morgan fingerprint density at radius 3 is 1.49 bits per heavy atom. The average molecular weight is 480 g/mol. The largest absolute Gasteiger partial charge is 0.872 e. The molecular weight excluding hydrogens is 436 g/mol. The summed E-state index contributed by atoms with van der Waals surface area (Å²) in [6, 6.07) is 14.0. The molecule has 0 saturated carbocycles. The Morgan fingerprint density at radius 1 is 0.629 bits per heavy atom. The zero-order valence-electron chi connectivity index (χ0n) is 21.7. The molecule has 2 aromatic rings. The van der Waals surface area contributed by atoms with Crippen molar-refractivity contribution in [3.05, 3.63) is 65.7 Å². The van der Waals surface area contributed by atoms with Crippen molar-refractivity contribution in [3.8, 4) is 11.5 Å². The zero-order chi connectivity index (χ0) is 25.1. The molecule has 0 fully saturated rings. The highest BCUT2D eigenvalue weighted by Crippen LogP contribution is 2.18. The Balaban J connectivity index is 1.74. The lowest BCUT2D eigenvalue weighted by Crippen LogP contribution is -2.06. The summed E-state index contributed by atoms with van der Waals surface area (Å²) in [5.41, 5.74) is 0.952. The van der Waals surface area contributed by atoms with E-state index in [4.69, 9.17) is 9.47 Å². The van der Waals surface area contributed by atoms with Crippen LogP contribution in [0, 0.1) is 0 Å². The molecule has 0 atom stereocenters. The molecule has 0 aliphatic carbocycles. The van der Waals surface area contributed by atoms with Crippen LogP contribution in [0.15, 0.2) is 54.6 Å². The van der Waals surface area contributed by atoms with Gasteiger partial charge in [-0.05, 0) is 60.9 Å². The van der Waals surface area contributed by atoms with Gasteiger partial charge in [0, 0.05) is 5.56 Å². The van der Waals surface area contributed by atoms with Crippen molar-refractivity contribution in [1.82, 2.24) is 0 Å². The van der Waals surface area contributed by atoms with E-state index in [2.05, 4.69) is 13.8 Å². The minimum absolute atomic E-state index is 0.305. The second kappa shape index (κ2) is 17.7. The number of ketones is 1. The molecule has 2 rings (SSSR count). The van der Waals surface area contributed by atoms with Gasteiger partial charge in [-0.3, -0.25) is 4.79 Å². The molecule has 0 N–H and O–H groups in total. The number of ether oxygens (including phenoxy) is 2. The Hall–Kier alpha value is -2.75. The van der Waals surface area contributed by atoms with Gasteiger partial charge in [-0.25, -0.2) is 0 Å². The van der Waals surface area contributed by atoms with E-state index < -0.39 is 0 Å². The summed E-state index contributed by atoms with van der Waals surface area (Å²) in [5, 5.41) is 12.5. The van der Waals surface area contributed by atoms with E-state index >= 15 is 0 Å². The van der Waals surface area contributed by atoms with Crippen LogP contribution in [-0.2, 0) is 0 Å². The van der Waals surface area contributed by atoms with Gasteiger partial charge < -0.3 is 14.6 Å². The Morgan fingerprint density at radius 2 is 1.03 bits per heavy atom. The van der Waals surface area contributed by atoms with Crippen LogP contribution in [0.3, 0.4) is 0 Å². The van der Waals surface area contributed by atoms with Crippen LogP contribution >= 0.6 is 0 Å². The van der Waals surface area contributed by atoms with Gasteiger partial charge in [0.15, 0.2) is 5.78 Å². The summed E-state index contributed by atoms with van der Waals surface area (Å²) in [7, 11) is 0. The third-order valence-electron chi connectivity index (χ3n) is 6.07. The van der Waals surface area contributed by atoms with Crippen molar-refractivity contribution in [2.24, 2.45) is 0 Å². The summed E-state index contributed by atoms with van der Waals surface area (Å²) in [5.74, 6) is 0.887. The topological polar surface area (TPSA) is 58.6 Å². The molecule has 192 valence electrons. The standard InChI is InChI=1S/C31H44O4/c1-3-5-7-9-11-13-23-34-28-19-15-26(16-20-28)30(32)25-31(33)27-17-21-29(22-18-27)35-24-14-12-10-8-6-4-2/h15-22,25,32H,3-14,23-24H2,1-2H3/p-1/b30-25-. The summed E-state index contributed by atoms with van der Waals surface area (Å²) in [6.45, 7) is 5.80. The van der Waals surface area contributed by atoms with E-state index in [9.17, 15) is 9.90 Å². The van der Waals surface area contributed by atoms with Gasteiger partial charge in [0.1, 0.15) is 11.5 Å².